The maximum Gasteiger partial charge on any atom is 0.323 e. The first-order valence-corrected chi connectivity index (χ1v) is 6.20. The van der Waals surface area contributed by atoms with Crippen molar-refractivity contribution in [3.05, 3.63) is 0 Å². The zero-order chi connectivity index (χ0) is 13.6. The van der Waals surface area contributed by atoms with Crippen molar-refractivity contribution >= 4 is 11.9 Å². The maximum atomic E-state index is 12.4. The van der Waals surface area contributed by atoms with Crippen molar-refractivity contribution in [2.45, 2.75) is 19.8 Å². The van der Waals surface area contributed by atoms with Crippen LogP contribution in [0.3, 0.4) is 0 Å². The number of carbonyl (C=O) groups excluding carboxylic acids is 1. The molecule has 0 atom stereocenters. The number of nitrogens with zero attached hydrogens (tertiary/aromatic N) is 1. The van der Waals surface area contributed by atoms with Gasteiger partial charge in [-0.05, 0) is 25.9 Å². The number of carboxylic acid groups (broad SMARTS) is 1. The summed E-state index contributed by atoms with van der Waals surface area (Å²) in [4.78, 5) is 24.6. The summed E-state index contributed by atoms with van der Waals surface area (Å²) in [6.45, 7) is 3.93. The van der Waals surface area contributed by atoms with Gasteiger partial charge in [0.05, 0.1) is 6.61 Å². The topological polar surface area (TPSA) is 78.9 Å². The average Bonchev–Trinajstić information content (AvgIpc) is 2.34. The molecule has 6 heteroatoms. The van der Waals surface area contributed by atoms with Gasteiger partial charge in [0.2, 0.25) is 5.91 Å². The van der Waals surface area contributed by atoms with E-state index in [1.807, 2.05) is 6.92 Å². The van der Waals surface area contributed by atoms with Gasteiger partial charge in [0.15, 0.2) is 0 Å². The average molecular weight is 258 g/mol. The Bertz CT molecular complexity index is 300. The molecular weight excluding hydrogens is 236 g/mol. The Hall–Kier alpha value is -1.14. The molecule has 1 rings (SSSR count). The smallest absolute Gasteiger partial charge is 0.323 e. The van der Waals surface area contributed by atoms with Crippen molar-refractivity contribution in [1.29, 1.82) is 0 Å². The van der Waals surface area contributed by atoms with E-state index < -0.39 is 11.4 Å². The Labute approximate surface area is 107 Å². The number of carboxylic acids is 1. The summed E-state index contributed by atoms with van der Waals surface area (Å²) in [5.41, 5.74) is -0.450. The summed E-state index contributed by atoms with van der Waals surface area (Å²) in [5, 5.41) is 12.1. The number of piperidine rings is 1. The van der Waals surface area contributed by atoms with E-state index in [2.05, 4.69) is 5.32 Å². The van der Waals surface area contributed by atoms with Crippen molar-refractivity contribution in [2.75, 3.05) is 39.9 Å². The molecule has 1 aliphatic rings. The molecule has 0 aliphatic carbocycles. The van der Waals surface area contributed by atoms with E-state index in [1.165, 1.54) is 12.0 Å². The van der Waals surface area contributed by atoms with E-state index in [4.69, 9.17) is 9.84 Å². The van der Waals surface area contributed by atoms with Crippen LogP contribution in [0.15, 0.2) is 0 Å². The van der Waals surface area contributed by atoms with E-state index >= 15 is 0 Å². The SMILES string of the molecule is COCCN(CC(=O)O)C(=O)C1(C)CCNCC1. The number of aliphatic carboxylic acids is 1. The predicted molar refractivity (Wildman–Crippen MR) is 66.3 cm³/mol. The van der Waals surface area contributed by atoms with Crippen LogP contribution < -0.4 is 5.32 Å². The van der Waals surface area contributed by atoms with Gasteiger partial charge in [-0.25, -0.2) is 0 Å². The van der Waals surface area contributed by atoms with Crippen molar-refractivity contribution < 1.29 is 19.4 Å². The first-order chi connectivity index (χ1) is 8.49. The molecule has 1 fully saturated rings. The van der Waals surface area contributed by atoms with Crippen molar-refractivity contribution in [1.82, 2.24) is 10.2 Å². The fourth-order valence-corrected chi connectivity index (χ4v) is 2.19. The van der Waals surface area contributed by atoms with Gasteiger partial charge in [0.1, 0.15) is 6.54 Å². The number of ether oxygens (including phenoxy) is 1. The minimum Gasteiger partial charge on any atom is -0.480 e. The molecule has 0 aromatic rings. The van der Waals surface area contributed by atoms with Crippen molar-refractivity contribution in [3.8, 4) is 0 Å². The van der Waals surface area contributed by atoms with Gasteiger partial charge in [0.25, 0.3) is 0 Å². The molecule has 104 valence electrons. The second-order valence-electron chi connectivity index (χ2n) is 4.92. The summed E-state index contributed by atoms with van der Waals surface area (Å²) < 4.78 is 4.93. The van der Waals surface area contributed by atoms with E-state index in [1.54, 1.807) is 0 Å². The van der Waals surface area contributed by atoms with Gasteiger partial charge >= 0.3 is 5.97 Å². The van der Waals surface area contributed by atoms with Gasteiger partial charge in [-0.1, -0.05) is 6.92 Å². The fraction of sp³-hybridized carbons (Fsp3) is 0.833. The van der Waals surface area contributed by atoms with E-state index in [-0.39, 0.29) is 12.5 Å². The number of carbonyl (C=O) groups is 2. The highest BCUT2D eigenvalue weighted by molar-refractivity contribution is 5.85. The second kappa shape index (κ2) is 6.70. The first kappa shape index (κ1) is 14.9. The van der Waals surface area contributed by atoms with Crippen LogP contribution in [-0.2, 0) is 14.3 Å². The zero-order valence-electron chi connectivity index (χ0n) is 11.1. The van der Waals surface area contributed by atoms with Crippen LogP contribution in [0.4, 0.5) is 0 Å². The summed E-state index contributed by atoms with van der Waals surface area (Å²) in [5.74, 6) is -1.07. The van der Waals surface area contributed by atoms with Crippen LogP contribution >= 0.6 is 0 Å². The third kappa shape index (κ3) is 3.96. The monoisotopic (exact) mass is 258 g/mol. The third-order valence-electron chi connectivity index (χ3n) is 3.40. The third-order valence-corrected chi connectivity index (χ3v) is 3.40. The van der Waals surface area contributed by atoms with Crippen molar-refractivity contribution in [3.63, 3.8) is 0 Å². The van der Waals surface area contributed by atoms with Gasteiger partial charge in [0, 0.05) is 19.1 Å². The van der Waals surface area contributed by atoms with Gasteiger partial charge in [-0.15, -0.1) is 0 Å². The molecule has 1 aliphatic heterocycles. The maximum absolute atomic E-state index is 12.4. The molecule has 1 heterocycles. The molecule has 0 unspecified atom stereocenters. The number of hydrogen-bond donors (Lipinski definition) is 2. The molecular formula is C12H22N2O4. The van der Waals surface area contributed by atoms with Gasteiger partial charge < -0.3 is 20.1 Å². The van der Waals surface area contributed by atoms with E-state index in [0.29, 0.717) is 13.2 Å². The van der Waals surface area contributed by atoms with Gasteiger partial charge in [-0.3, -0.25) is 9.59 Å². The number of hydrogen-bond acceptors (Lipinski definition) is 4. The summed E-state index contributed by atoms with van der Waals surface area (Å²) in [7, 11) is 1.54. The number of methoxy groups -OCH3 is 1. The molecule has 2 N–H and O–H groups in total. The highest BCUT2D eigenvalue weighted by Gasteiger charge is 2.38. The summed E-state index contributed by atoms with van der Waals surface area (Å²) >= 11 is 0. The minimum atomic E-state index is -0.989. The number of rotatable bonds is 6. The lowest BCUT2D eigenvalue weighted by Crippen LogP contribution is -2.50. The first-order valence-electron chi connectivity index (χ1n) is 6.20. The fourth-order valence-electron chi connectivity index (χ4n) is 2.19. The van der Waals surface area contributed by atoms with Crippen LogP contribution in [0, 0.1) is 5.41 Å². The predicted octanol–water partition coefficient (Wildman–Crippen LogP) is -0.0643. The summed E-state index contributed by atoms with van der Waals surface area (Å²) in [6.07, 6.45) is 1.49. The lowest BCUT2D eigenvalue weighted by molar-refractivity contribution is -0.150. The second-order valence-corrected chi connectivity index (χ2v) is 4.92. The van der Waals surface area contributed by atoms with Crippen LogP contribution in [0.2, 0.25) is 0 Å². The molecule has 0 radical (unpaired) electrons. The molecule has 0 spiro atoms. The zero-order valence-corrected chi connectivity index (χ0v) is 11.1. The minimum absolute atomic E-state index is 0.0801. The Morgan fingerprint density at radius 1 is 1.39 bits per heavy atom. The highest BCUT2D eigenvalue weighted by Crippen LogP contribution is 2.30. The van der Waals surface area contributed by atoms with E-state index in [9.17, 15) is 9.59 Å². The molecule has 0 aromatic carbocycles. The largest absolute Gasteiger partial charge is 0.480 e. The summed E-state index contributed by atoms with van der Waals surface area (Å²) in [6, 6.07) is 0. The normalized spacial score (nSPS) is 18.3. The Morgan fingerprint density at radius 3 is 2.50 bits per heavy atom. The molecule has 0 bridgehead atoms. The molecule has 18 heavy (non-hydrogen) atoms. The molecule has 0 saturated carbocycles. The molecule has 0 aromatic heterocycles. The van der Waals surface area contributed by atoms with Crippen LogP contribution in [0.25, 0.3) is 0 Å². The Morgan fingerprint density at radius 2 is 2.00 bits per heavy atom. The highest BCUT2D eigenvalue weighted by atomic mass is 16.5. The van der Waals surface area contributed by atoms with Crippen LogP contribution in [0.1, 0.15) is 19.8 Å². The lowest BCUT2D eigenvalue weighted by Gasteiger charge is -2.36. The van der Waals surface area contributed by atoms with E-state index in [0.717, 1.165) is 25.9 Å². The lowest BCUT2D eigenvalue weighted by atomic mass is 9.79. The molecule has 1 saturated heterocycles. The van der Waals surface area contributed by atoms with Crippen molar-refractivity contribution in [2.24, 2.45) is 5.41 Å². The standard InChI is InChI=1S/C12H22N2O4/c1-12(3-5-13-6-4-12)11(17)14(7-8-18-2)9-10(15)16/h13H,3-9H2,1-2H3,(H,15,16). The molecule has 1 amide bonds. The number of amides is 1. The number of nitrogens with one attached hydrogen (secondary N) is 1. The Balaban J connectivity index is 2.69. The molecule has 6 nitrogen and oxygen atoms in total. The van der Waals surface area contributed by atoms with Crippen LogP contribution in [0.5, 0.6) is 0 Å². The quantitative estimate of drug-likeness (QED) is 0.697. The van der Waals surface area contributed by atoms with Gasteiger partial charge in [-0.2, -0.15) is 0 Å². The Kier molecular flexibility index (Phi) is 5.55. The van der Waals surface area contributed by atoms with Crippen LogP contribution in [-0.4, -0.2) is 61.8 Å².